The number of hydrogen-bond acceptors (Lipinski definition) is 3. The van der Waals surface area contributed by atoms with Crippen LogP contribution in [0.4, 0.5) is 0 Å². The van der Waals surface area contributed by atoms with Crippen molar-refractivity contribution >= 4 is 26.0 Å². The summed E-state index contributed by atoms with van der Waals surface area (Å²) in [7, 11) is -3.57. The zero-order valence-electron chi connectivity index (χ0n) is 11.7. The van der Waals surface area contributed by atoms with Crippen molar-refractivity contribution in [3.8, 4) is 0 Å². The second-order valence-electron chi connectivity index (χ2n) is 5.79. The highest BCUT2D eigenvalue weighted by Crippen LogP contribution is 2.38. The van der Waals surface area contributed by atoms with E-state index in [0.29, 0.717) is 10.5 Å². The van der Waals surface area contributed by atoms with E-state index in [9.17, 15) is 13.5 Å². The molecule has 0 aromatic heterocycles. The molecule has 1 aliphatic carbocycles. The van der Waals surface area contributed by atoms with Gasteiger partial charge in [0.25, 0.3) is 0 Å². The van der Waals surface area contributed by atoms with E-state index in [-0.39, 0.29) is 18.1 Å². The van der Waals surface area contributed by atoms with Crippen molar-refractivity contribution in [2.75, 3.05) is 6.61 Å². The van der Waals surface area contributed by atoms with Gasteiger partial charge in [-0.3, -0.25) is 0 Å². The molecule has 1 fully saturated rings. The van der Waals surface area contributed by atoms with Gasteiger partial charge in [-0.15, -0.1) is 0 Å². The van der Waals surface area contributed by atoms with Gasteiger partial charge in [-0.25, -0.2) is 13.1 Å². The number of sulfonamides is 1. The maximum absolute atomic E-state index is 12.6. The topological polar surface area (TPSA) is 66.4 Å². The molecule has 2 N–H and O–H groups in total. The van der Waals surface area contributed by atoms with Crippen molar-refractivity contribution < 1.29 is 13.5 Å². The lowest BCUT2D eigenvalue weighted by molar-refractivity contribution is 0.127. The summed E-state index contributed by atoms with van der Waals surface area (Å²) < 4.78 is 28.6. The highest BCUT2D eigenvalue weighted by atomic mass is 79.9. The van der Waals surface area contributed by atoms with Crippen LogP contribution in [-0.2, 0) is 10.0 Å². The summed E-state index contributed by atoms with van der Waals surface area (Å²) >= 11 is 3.31. The number of nitrogens with one attached hydrogen (secondary N) is 1. The number of hydrogen-bond donors (Lipinski definition) is 2. The van der Waals surface area contributed by atoms with Crippen LogP contribution in [-0.4, -0.2) is 26.2 Å². The monoisotopic (exact) mass is 361 g/mol. The van der Waals surface area contributed by atoms with Crippen molar-refractivity contribution in [1.29, 1.82) is 0 Å². The molecule has 6 heteroatoms. The molecule has 4 nitrogen and oxygen atoms in total. The second kappa shape index (κ2) is 5.75. The maximum atomic E-state index is 12.6. The Bertz CT molecular complexity index is 602. The largest absolute Gasteiger partial charge is 0.396 e. The average Bonchev–Trinajstić information content (AvgIpc) is 2.74. The number of benzene rings is 1. The molecule has 112 valence electrons. The summed E-state index contributed by atoms with van der Waals surface area (Å²) in [6.45, 7) is 3.71. The maximum Gasteiger partial charge on any atom is 0.241 e. The number of rotatable bonds is 4. The summed E-state index contributed by atoms with van der Waals surface area (Å²) in [5.74, 6) is 0. The van der Waals surface area contributed by atoms with Gasteiger partial charge < -0.3 is 5.11 Å². The lowest BCUT2D eigenvalue weighted by Crippen LogP contribution is -2.44. The van der Waals surface area contributed by atoms with Gasteiger partial charge in [-0.2, -0.15) is 0 Å². The minimum absolute atomic E-state index is 0.00233. The Morgan fingerprint density at radius 2 is 2.20 bits per heavy atom. The minimum atomic E-state index is -3.57. The molecule has 0 radical (unpaired) electrons. The Labute approximate surface area is 128 Å². The van der Waals surface area contributed by atoms with Crippen molar-refractivity contribution in [3.63, 3.8) is 0 Å². The van der Waals surface area contributed by atoms with Crippen LogP contribution < -0.4 is 4.72 Å². The van der Waals surface area contributed by atoms with Gasteiger partial charge in [0.05, 0.1) is 4.90 Å². The molecule has 2 atom stereocenters. The van der Waals surface area contributed by atoms with Crippen LogP contribution in [0.1, 0.15) is 31.7 Å². The minimum Gasteiger partial charge on any atom is -0.396 e. The molecule has 0 heterocycles. The molecule has 0 spiro atoms. The molecule has 1 aliphatic rings. The van der Waals surface area contributed by atoms with E-state index >= 15 is 0 Å². The van der Waals surface area contributed by atoms with Crippen LogP contribution in [0.15, 0.2) is 27.6 Å². The zero-order valence-corrected chi connectivity index (χ0v) is 14.1. The predicted molar refractivity (Wildman–Crippen MR) is 82.0 cm³/mol. The number of halogens is 1. The first-order valence-corrected chi connectivity index (χ1v) is 8.95. The van der Waals surface area contributed by atoms with Crippen LogP contribution in [0.2, 0.25) is 0 Å². The van der Waals surface area contributed by atoms with Gasteiger partial charge in [-0.1, -0.05) is 35.3 Å². The summed E-state index contributed by atoms with van der Waals surface area (Å²) in [6, 6.07) is 5.00. The van der Waals surface area contributed by atoms with Gasteiger partial charge in [-0.05, 0) is 37.5 Å². The first-order valence-electron chi connectivity index (χ1n) is 6.68. The molecule has 1 aromatic carbocycles. The summed E-state index contributed by atoms with van der Waals surface area (Å²) in [5, 5.41) is 9.52. The van der Waals surface area contributed by atoms with Crippen molar-refractivity contribution in [2.24, 2.45) is 5.41 Å². The molecule has 0 amide bonds. The zero-order chi connectivity index (χ0) is 15.0. The first-order chi connectivity index (χ1) is 9.28. The summed E-state index contributed by atoms with van der Waals surface area (Å²) in [5.41, 5.74) is 0.344. The van der Waals surface area contributed by atoms with E-state index in [1.165, 1.54) is 0 Å². The molecule has 2 rings (SSSR count). The summed E-state index contributed by atoms with van der Waals surface area (Å²) in [4.78, 5) is 0.291. The molecule has 0 bridgehead atoms. The molecule has 1 saturated carbocycles. The Kier molecular flexibility index (Phi) is 4.59. The van der Waals surface area contributed by atoms with Crippen molar-refractivity contribution in [1.82, 2.24) is 4.72 Å². The van der Waals surface area contributed by atoms with Gasteiger partial charge in [0.1, 0.15) is 0 Å². The SMILES string of the molecule is Cc1ccc(Br)cc1S(=O)(=O)NC1CCCC1(C)CO. The highest BCUT2D eigenvalue weighted by molar-refractivity contribution is 9.10. The third-order valence-corrected chi connectivity index (χ3v) is 6.29. The van der Waals surface area contributed by atoms with Gasteiger partial charge >= 0.3 is 0 Å². The van der Waals surface area contributed by atoms with Crippen molar-refractivity contribution in [3.05, 3.63) is 28.2 Å². The molecule has 0 aliphatic heterocycles. The van der Waals surface area contributed by atoms with Crippen LogP contribution in [0.3, 0.4) is 0 Å². The van der Waals surface area contributed by atoms with Gasteiger partial charge in [0.15, 0.2) is 0 Å². The number of aryl methyl sites for hydroxylation is 1. The molecule has 1 aromatic rings. The Morgan fingerprint density at radius 1 is 1.50 bits per heavy atom. The van der Waals surface area contributed by atoms with Crippen LogP contribution in [0, 0.1) is 12.3 Å². The van der Waals surface area contributed by atoms with E-state index in [4.69, 9.17) is 0 Å². The number of aliphatic hydroxyl groups is 1. The Hall–Kier alpha value is -0.430. The Balaban J connectivity index is 2.30. The fourth-order valence-corrected chi connectivity index (χ4v) is 4.93. The van der Waals surface area contributed by atoms with Crippen LogP contribution >= 0.6 is 15.9 Å². The van der Waals surface area contributed by atoms with Gasteiger partial charge in [0.2, 0.25) is 10.0 Å². The quantitative estimate of drug-likeness (QED) is 0.865. The fourth-order valence-electron chi connectivity index (χ4n) is 2.74. The van der Waals surface area contributed by atoms with E-state index < -0.39 is 10.0 Å². The lowest BCUT2D eigenvalue weighted by atomic mass is 9.86. The third-order valence-electron chi connectivity index (χ3n) is 4.18. The molecular formula is C14H20BrNO3S. The summed E-state index contributed by atoms with van der Waals surface area (Å²) in [6.07, 6.45) is 2.54. The van der Waals surface area contributed by atoms with E-state index in [2.05, 4.69) is 20.7 Å². The van der Waals surface area contributed by atoms with Crippen molar-refractivity contribution in [2.45, 2.75) is 44.0 Å². The van der Waals surface area contributed by atoms with E-state index in [1.807, 2.05) is 13.0 Å². The molecular weight excluding hydrogens is 342 g/mol. The first kappa shape index (κ1) is 15.9. The van der Waals surface area contributed by atoms with E-state index in [0.717, 1.165) is 23.7 Å². The lowest BCUT2D eigenvalue weighted by Gasteiger charge is -2.30. The average molecular weight is 362 g/mol. The normalized spacial score (nSPS) is 26.9. The number of aliphatic hydroxyl groups excluding tert-OH is 1. The highest BCUT2D eigenvalue weighted by Gasteiger charge is 2.40. The smallest absolute Gasteiger partial charge is 0.241 e. The van der Waals surface area contributed by atoms with Crippen LogP contribution in [0.25, 0.3) is 0 Å². The molecule has 20 heavy (non-hydrogen) atoms. The standard InChI is InChI=1S/C14H20BrNO3S/c1-10-5-6-11(15)8-12(10)20(18,19)16-13-4-3-7-14(13,2)9-17/h5-6,8,13,16-17H,3-4,7,9H2,1-2H3. The third kappa shape index (κ3) is 3.08. The molecule has 2 unspecified atom stereocenters. The Morgan fingerprint density at radius 3 is 2.85 bits per heavy atom. The second-order valence-corrected chi connectivity index (χ2v) is 8.39. The van der Waals surface area contributed by atoms with Gasteiger partial charge in [0, 0.05) is 22.5 Å². The fraction of sp³-hybridized carbons (Fsp3) is 0.571. The van der Waals surface area contributed by atoms with Crippen LogP contribution in [0.5, 0.6) is 0 Å². The predicted octanol–water partition coefficient (Wildman–Crippen LogP) is 2.59. The molecule has 0 saturated heterocycles. The van der Waals surface area contributed by atoms with E-state index in [1.54, 1.807) is 19.1 Å².